The van der Waals surface area contributed by atoms with Crippen LogP contribution in [0.4, 0.5) is 10.1 Å². The molecule has 2 amide bonds. The van der Waals surface area contributed by atoms with Crippen molar-refractivity contribution in [3.63, 3.8) is 0 Å². The third-order valence-electron chi connectivity index (χ3n) is 5.85. The Hall–Kier alpha value is -2.64. The van der Waals surface area contributed by atoms with Crippen LogP contribution in [0.2, 0.25) is 5.02 Å². The number of ether oxygens (including phenoxy) is 1. The van der Waals surface area contributed by atoms with E-state index in [0.29, 0.717) is 27.6 Å². The van der Waals surface area contributed by atoms with E-state index in [1.165, 1.54) is 12.0 Å². The van der Waals surface area contributed by atoms with Gasteiger partial charge >= 0.3 is 0 Å². The monoisotopic (exact) mass is 431 g/mol. The van der Waals surface area contributed by atoms with Crippen LogP contribution in [0.25, 0.3) is 0 Å². The van der Waals surface area contributed by atoms with E-state index in [9.17, 15) is 14.0 Å². The van der Waals surface area contributed by atoms with Gasteiger partial charge in [-0.05, 0) is 24.3 Å². The van der Waals surface area contributed by atoms with Gasteiger partial charge in [0.25, 0.3) is 5.91 Å². The van der Waals surface area contributed by atoms with Crippen LogP contribution >= 0.6 is 11.6 Å². The summed E-state index contributed by atoms with van der Waals surface area (Å²) in [5.41, 5.74) is 0.241. The third-order valence-corrected chi connectivity index (χ3v) is 6.09. The number of rotatable bonds is 4. The van der Waals surface area contributed by atoms with E-state index in [4.69, 9.17) is 16.3 Å². The molecule has 0 radical (unpaired) electrons. The maximum Gasteiger partial charge on any atom is 0.254 e. The fraction of sp³-hybridized carbons (Fsp3) is 0.364. The quantitative estimate of drug-likeness (QED) is 0.808. The molecule has 30 heavy (non-hydrogen) atoms. The normalized spacial score (nSPS) is 25.7. The van der Waals surface area contributed by atoms with Gasteiger partial charge in [0, 0.05) is 48.9 Å². The number of methoxy groups -OCH3 is 1. The number of para-hydroxylation sites is 1. The van der Waals surface area contributed by atoms with Gasteiger partial charge in [0.2, 0.25) is 5.91 Å². The molecule has 158 valence electrons. The zero-order chi connectivity index (χ0) is 21.6. The highest BCUT2D eigenvalue weighted by molar-refractivity contribution is 6.31. The number of hydrogen-bond acceptors (Lipinski definition) is 4. The molecule has 2 unspecified atom stereocenters. The standard InChI is InChI=1S/C22H23ClFN3O3/c1-26(2)20(28)18-11-14(24)12-27(18)22(15-6-4-5-7-19(15)30-3)16-10-13(23)8-9-17(16)25-21(22)29/h4-10,14,18H,11-12H2,1-3H3,(H,25,29)/t14?,18-,22?/m1/s1. The fourth-order valence-electron chi connectivity index (χ4n) is 4.60. The minimum atomic E-state index is -1.45. The molecule has 2 aliphatic heterocycles. The van der Waals surface area contributed by atoms with Crippen molar-refractivity contribution in [2.45, 2.75) is 24.2 Å². The summed E-state index contributed by atoms with van der Waals surface area (Å²) >= 11 is 6.31. The van der Waals surface area contributed by atoms with Crippen molar-refractivity contribution in [1.82, 2.24) is 9.80 Å². The van der Waals surface area contributed by atoms with Gasteiger partial charge in [-0.2, -0.15) is 0 Å². The van der Waals surface area contributed by atoms with Crippen LogP contribution in [0, 0.1) is 0 Å². The predicted molar refractivity (Wildman–Crippen MR) is 113 cm³/mol. The average molecular weight is 432 g/mol. The van der Waals surface area contributed by atoms with Crippen molar-refractivity contribution >= 4 is 29.1 Å². The summed E-state index contributed by atoms with van der Waals surface area (Å²) in [6, 6.07) is 11.4. The van der Waals surface area contributed by atoms with Crippen molar-refractivity contribution in [2.24, 2.45) is 0 Å². The number of benzene rings is 2. The van der Waals surface area contributed by atoms with Gasteiger partial charge in [0.15, 0.2) is 5.54 Å². The molecule has 6 nitrogen and oxygen atoms in total. The van der Waals surface area contributed by atoms with Crippen molar-refractivity contribution < 1.29 is 18.7 Å². The number of nitrogens with zero attached hydrogens (tertiary/aromatic N) is 2. The van der Waals surface area contributed by atoms with E-state index in [0.717, 1.165) is 0 Å². The Morgan fingerprint density at radius 1 is 1.27 bits per heavy atom. The van der Waals surface area contributed by atoms with Gasteiger partial charge in [-0.15, -0.1) is 0 Å². The predicted octanol–water partition coefficient (Wildman–Crippen LogP) is 3.04. The molecule has 0 aromatic heterocycles. The fourth-order valence-corrected chi connectivity index (χ4v) is 4.77. The second-order valence-corrected chi connectivity index (χ2v) is 8.22. The number of anilines is 1. The number of likely N-dealkylation sites (tertiary alicyclic amines) is 1. The van der Waals surface area contributed by atoms with E-state index in [1.807, 2.05) is 0 Å². The number of hydrogen-bond donors (Lipinski definition) is 1. The van der Waals surface area contributed by atoms with Crippen molar-refractivity contribution in [3.05, 3.63) is 58.6 Å². The zero-order valence-corrected chi connectivity index (χ0v) is 17.7. The number of likely N-dealkylation sites (N-methyl/N-ethyl adjacent to an activating group) is 1. The van der Waals surface area contributed by atoms with Gasteiger partial charge < -0.3 is 15.0 Å². The molecule has 1 saturated heterocycles. The second-order valence-electron chi connectivity index (χ2n) is 7.79. The molecule has 0 bridgehead atoms. The van der Waals surface area contributed by atoms with Gasteiger partial charge in [0.05, 0.1) is 13.2 Å². The van der Waals surface area contributed by atoms with Crippen LogP contribution < -0.4 is 10.1 Å². The first-order valence-electron chi connectivity index (χ1n) is 9.67. The lowest BCUT2D eigenvalue weighted by Crippen LogP contribution is -2.57. The Bertz CT molecular complexity index is 1010. The Kier molecular flexibility index (Phi) is 5.20. The van der Waals surface area contributed by atoms with Gasteiger partial charge in [0.1, 0.15) is 11.9 Å². The van der Waals surface area contributed by atoms with Crippen LogP contribution in [0.5, 0.6) is 5.75 Å². The molecule has 3 atom stereocenters. The number of halogens is 2. The number of nitrogens with one attached hydrogen (secondary N) is 1. The smallest absolute Gasteiger partial charge is 0.254 e. The highest BCUT2D eigenvalue weighted by Crippen LogP contribution is 2.51. The molecule has 0 aliphatic carbocycles. The Morgan fingerprint density at radius 3 is 2.70 bits per heavy atom. The highest BCUT2D eigenvalue weighted by Gasteiger charge is 2.59. The van der Waals surface area contributed by atoms with Crippen molar-refractivity contribution in [1.29, 1.82) is 0 Å². The van der Waals surface area contributed by atoms with E-state index in [-0.39, 0.29) is 24.8 Å². The second kappa shape index (κ2) is 7.56. The summed E-state index contributed by atoms with van der Waals surface area (Å²) in [4.78, 5) is 29.8. The summed E-state index contributed by atoms with van der Waals surface area (Å²) in [5, 5.41) is 3.34. The number of carbonyl (C=O) groups is 2. The minimum absolute atomic E-state index is 0.0110. The molecule has 4 rings (SSSR count). The summed E-state index contributed by atoms with van der Waals surface area (Å²) in [6.07, 6.45) is -1.24. The lowest BCUT2D eigenvalue weighted by molar-refractivity contribution is -0.138. The van der Waals surface area contributed by atoms with Gasteiger partial charge in [-0.25, -0.2) is 4.39 Å². The number of carbonyl (C=O) groups excluding carboxylic acids is 2. The molecule has 2 aliphatic rings. The molecule has 0 spiro atoms. The summed E-state index contributed by atoms with van der Waals surface area (Å²) in [7, 11) is 4.77. The highest BCUT2D eigenvalue weighted by atomic mass is 35.5. The first kappa shape index (κ1) is 20.6. The Balaban J connectivity index is 2.03. The molecule has 0 saturated carbocycles. The largest absolute Gasteiger partial charge is 0.496 e. The maximum atomic E-state index is 14.8. The molecule has 2 aromatic carbocycles. The molecule has 2 heterocycles. The van der Waals surface area contributed by atoms with Crippen LogP contribution in [-0.2, 0) is 15.1 Å². The number of amides is 2. The Morgan fingerprint density at radius 2 is 2.00 bits per heavy atom. The summed E-state index contributed by atoms with van der Waals surface area (Å²) < 4.78 is 20.3. The molecule has 1 fully saturated rings. The van der Waals surface area contributed by atoms with E-state index < -0.39 is 17.8 Å². The lowest BCUT2D eigenvalue weighted by atomic mass is 9.80. The minimum Gasteiger partial charge on any atom is -0.496 e. The van der Waals surface area contributed by atoms with Crippen LogP contribution in [0.3, 0.4) is 0 Å². The van der Waals surface area contributed by atoms with Gasteiger partial charge in [-0.3, -0.25) is 14.5 Å². The summed E-state index contributed by atoms with van der Waals surface area (Å²) in [5.74, 6) is -0.151. The number of alkyl halides is 1. The molecule has 8 heteroatoms. The van der Waals surface area contributed by atoms with Crippen molar-refractivity contribution in [3.8, 4) is 5.75 Å². The van der Waals surface area contributed by atoms with Crippen LogP contribution in [-0.4, -0.2) is 61.6 Å². The maximum absolute atomic E-state index is 14.8. The van der Waals surface area contributed by atoms with E-state index in [2.05, 4.69) is 5.32 Å². The molecule has 1 N–H and O–H groups in total. The molecular weight excluding hydrogens is 409 g/mol. The van der Waals surface area contributed by atoms with Crippen LogP contribution in [0.1, 0.15) is 17.5 Å². The average Bonchev–Trinajstić information content (AvgIpc) is 3.24. The Labute approximate surface area is 179 Å². The first-order chi connectivity index (χ1) is 14.3. The van der Waals surface area contributed by atoms with E-state index >= 15 is 0 Å². The molecule has 2 aromatic rings. The van der Waals surface area contributed by atoms with Gasteiger partial charge in [-0.1, -0.05) is 29.8 Å². The first-order valence-corrected chi connectivity index (χ1v) is 10.1. The molecular formula is C22H23ClFN3O3. The lowest BCUT2D eigenvalue weighted by Gasteiger charge is -2.41. The third kappa shape index (κ3) is 2.96. The summed E-state index contributed by atoms with van der Waals surface area (Å²) in [6.45, 7) is -0.0678. The zero-order valence-electron chi connectivity index (χ0n) is 17.0. The number of fused-ring (bicyclic) bond motifs is 1. The van der Waals surface area contributed by atoms with Crippen LogP contribution in [0.15, 0.2) is 42.5 Å². The topological polar surface area (TPSA) is 61.9 Å². The van der Waals surface area contributed by atoms with E-state index in [1.54, 1.807) is 61.5 Å². The van der Waals surface area contributed by atoms with Crippen molar-refractivity contribution in [2.75, 3.05) is 33.1 Å². The SMILES string of the molecule is COc1ccccc1C1(N2CC(F)C[C@@H]2C(=O)N(C)C)C(=O)Nc2ccc(Cl)cc21.